The third-order valence-electron chi connectivity index (χ3n) is 3.26. The molecule has 0 fully saturated rings. The van der Waals surface area contributed by atoms with Gasteiger partial charge in [0, 0.05) is 24.3 Å². The topological polar surface area (TPSA) is 104 Å². The van der Waals surface area contributed by atoms with E-state index in [9.17, 15) is 23.3 Å². The molecule has 0 atom stereocenters. The SMILES string of the molecule is CCC(=O)c1ccc(Oc2cccc(S(C)(=O)=O)c2)c([N+](=O)[O-])c1. The number of nitro benzene ring substituents is 1. The molecule has 126 valence electrons. The summed E-state index contributed by atoms with van der Waals surface area (Å²) in [5, 5.41) is 11.2. The van der Waals surface area contributed by atoms with Crippen molar-refractivity contribution in [3.8, 4) is 11.5 Å². The first-order valence-electron chi connectivity index (χ1n) is 7.02. The molecule has 24 heavy (non-hydrogen) atoms. The van der Waals surface area contributed by atoms with Crippen LogP contribution in [0.25, 0.3) is 0 Å². The Bertz CT molecular complexity index is 905. The van der Waals surface area contributed by atoms with Crippen LogP contribution in [-0.4, -0.2) is 25.4 Å². The fourth-order valence-electron chi connectivity index (χ4n) is 2.02. The summed E-state index contributed by atoms with van der Waals surface area (Å²) in [6, 6.07) is 9.57. The zero-order valence-electron chi connectivity index (χ0n) is 13.1. The van der Waals surface area contributed by atoms with Gasteiger partial charge in [-0.15, -0.1) is 0 Å². The molecule has 2 aromatic rings. The summed E-state index contributed by atoms with van der Waals surface area (Å²) in [5.74, 6) is -0.141. The van der Waals surface area contributed by atoms with E-state index < -0.39 is 14.8 Å². The average molecular weight is 349 g/mol. The van der Waals surface area contributed by atoms with Gasteiger partial charge in [0.2, 0.25) is 5.75 Å². The predicted molar refractivity (Wildman–Crippen MR) is 87.3 cm³/mol. The van der Waals surface area contributed by atoms with Gasteiger partial charge in [-0.3, -0.25) is 14.9 Å². The maximum absolute atomic E-state index is 11.7. The van der Waals surface area contributed by atoms with E-state index in [2.05, 4.69) is 0 Å². The molecule has 2 rings (SSSR count). The van der Waals surface area contributed by atoms with E-state index in [4.69, 9.17) is 4.74 Å². The normalized spacial score (nSPS) is 11.1. The molecule has 2 aromatic carbocycles. The van der Waals surface area contributed by atoms with Crippen molar-refractivity contribution >= 4 is 21.3 Å². The van der Waals surface area contributed by atoms with Crippen LogP contribution in [0.1, 0.15) is 23.7 Å². The fourth-order valence-corrected chi connectivity index (χ4v) is 2.68. The van der Waals surface area contributed by atoms with Gasteiger partial charge in [0.25, 0.3) is 0 Å². The first kappa shape index (κ1) is 17.6. The van der Waals surface area contributed by atoms with Crippen LogP contribution in [0.2, 0.25) is 0 Å². The second kappa shape index (κ2) is 6.79. The number of carbonyl (C=O) groups is 1. The van der Waals surface area contributed by atoms with E-state index in [1.165, 1.54) is 36.4 Å². The van der Waals surface area contributed by atoms with Gasteiger partial charge in [0.15, 0.2) is 15.6 Å². The number of ether oxygens (including phenoxy) is 1. The monoisotopic (exact) mass is 349 g/mol. The molecule has 0 bridgehead atoms. The molecule has 0 saturated carbocycles. The van der Waals surface area contributed by atoms with E-state index in [1.54, 1.807) is 6.92 Å². The van der Waals surface area contributed by atoms with Crippen molar-refractivity contribution in [3.63, 3.8) is 0 Å². The summed E-state index contributed by atoms with van der Waals surface area (Å²) < 4.78 is 28.6. The zero-order valence-corrected chi connectivity index (χ0v) is 13.9. The van der Waals surface area contributed by atoms with E-state index >= 15 is 0 Å². The van der Waals surface area contributed by atoms with Crippen molar-refractivity contribution in [3.05, 3.63) is 58.1 Å². The molecule has 0 aliphatic heterocycles. The van der Waals surface area contributed by atoms with Crippen molar-refractivity contribution in [1.29, 1.82) is 0 Å². The van der Waals surface area contributed by atoms with Gasteiger partial charge < -0.3 is 4.74 Å². The Balaban J connectivity index is 2.43. The van der Waals surface area contributed by atoms with Crippen LogP contribution in [0.4, 0.5) is 5.69 Å². The number of rotatable bonds is 6. The highest BCUT2D eigenvalue weighted by atomic mass is 32.2. The Morgan fingerprint density at radius 3 is 2.50 bits per heavy atom. The summed E-state index contributed by atoms with van der Waals surface area (Å²) in [4.78, 5) is 22.3. The molecule has 0 saturated heterocycles. The van der Waals surface area contributed by atoms with Crippen LogP contribution in [0, 0.1) is 10.1 Å². The molecular weight excluding hydrogens is 334 g/mol. The van der Waals surface area contributed by atoms with E-state index in [0.29, 0.717) is 0 Å². The Hall–Kier alpha value is -2.74. The van der Waals surface area contributed by atoms with E-state index in [0.717, 1.165) is 12.3 Å². The van der Waals surface area contributed by atoms with Crippen LogP contribution in [0.3, 0.4) is 0 Å². The first-order valence-corrected chi connectivity index (χ1v) is 8.91. The maximum atomic E-state index is 11.7. The number of Topliss-reactive ketones (excluding diaryl/α,β-unsaturated/α-hetero) is 1. The van der Waals surface area contributed by atoms with Gasteiger partial charge >= 0.3 is 5.69 Å². The van der Waals surface area contributed by atoms with Gasteiger partial charge in [0.05, 0.1) is 9.82 Å². The summed E-state index contributed by atoms with van der Waals surface area (Å²) in [7, 11) is -3.42. The Kier molecular flexibility index (Phi) is 4.99. The third-order valence-corrected chi connectivity index (χ3v) is 4.37. The third kappa shape index (κ3) is 3.96. The van der Waals surface area contributed by atoms with Crippen LogP contribution in [0.5, 0.6) is 11.5 Å². The largest absolute Gasteiger partial charge is 0.450 e. The Morgan fingerprint density at radius 2 is 1.92 bits per heavy atom. The smallest absolute Gasteiger partial charge is 0.312 e. The van der Waals surface area contributed by atoms with Gasteiger partial charge in [-0.2, -0.15) is 0 Å². The van der Waals surface area contributed by atoms with Crippen LogP contribution >= 0.6 is 0 Å². The van der Waals surface area contributed by atoms with Crippen molar-refractivity contribution in [2.75, 3.05) is 6.26 Å². The lowest BCUT2D eigenvalue weighted by Gasteiger charge is -2.08. The van der Waals surface area contributed by atoms with Gasteiger partial charge in [0.1, 0.15) is 5.75 Å². The minimum Gasteiger partial charge on any atom is -0.450 e. The second-order valence-electron chi connectivity index (χ2n) is 5.07. The van der Waals surface area contributed by atoms with Crippen LogP contribution < -0.4 is 4.74 Å². The minimum atomic E-state index is -3.42. The molecule has 0 unspecified atom stereocenters. The Morgan fingerprint density at radius 1 is 1.21 bits per heavy atom. The number of hydrogen-bond donors (Lipinski definition) is 0. The molecule has 0 N–H and O–H groups in total. The number of hydrogen-bond acceptors (Lipinski definition) is 6. The highest BCUT2D eigenvalue weighted by Crippen LogP contribution is 2.33. The molecule has 0 amide bonds. The van der Waals surface area contributed by atoms with Gasteiger partial charge in [-0.25, -0.2) is 8.42 Å². The Labute approximate surface area is 139 Å². The molecule has 0 radical (unpaired) electrons. The highest BCUT2D eigenvalue weighted by Gasteiger charge is 2.19. The summed E-state index contributed by atoms with van der Waals surface area (Å²) in [6.45, 7) is 1.66. The predicted octanol–water partition coefficient (Wildman–Crippen LogP) is 3.38. The van der Waals surface area contributed by atoms with Gasteiger partial charge in [-0.05, 0) is 30.3 Å². The van der Waals surface area contributed by atoms with Gasteiger partial charge in [-0.1, -0.05) is 13.0 Å². The van der Waals surface area contributed by atoms with Crippen molar-refractivity contribution in [2.45, 2.75) is 18.2 Å². The maximum Gasteiger partial charge on any atom is 0.312 e. The number of carbonyl (C=O) groups excluding carboxylic acids is 1. The van der Waals surface area contributed by atoms with E-state index in [1.807, 2.05) is 0 Å². The second-order valence-corrected chi connectivity index (χ2v) is 7.08. The molecule has 8 heteroatoms. The first-order chi connectivity index (χ1) is 11.2. The highest BCUT2D eigenvalue weighted by molar-refractivity contribution is 7.90. The lowest BCUT2D eigenvalue weighted by atomic mass is 10.1. The van der Waals surface area contributed by atoms with Crippen LogP contribution in [-0.2, 0) is 9.84 Å². The minimum absolute atomic E-state index is 0.0421. The average Bonchev–Trinajstić information content (AvgIpc) is 2.53. The number of nitro groups is 1. The number of sulfone groups is 1. The number of benzene rings is 2. The molecule has 7 nitrogen and oxygen atoms in total. The van der Waals surface area contributed by atoms with Crippen molar-refractivity contribution in [1.82, 2.24) is 0 Å². The lowest BCUT2D eigenvalue weighted by molar-refractivity contribution is -0.385. The molecule has 0 heterocycles. The molecule has 0 aliphatic carbocycles. The molecule has 0 aromatic heterocycles. The quantitative estimate of drug-likeness (QED) is 0.450. The summed E-state index contributed by atoms with van der Waals surface area (Å²) in [6.07, 6.45) is 1.29. The molecule has 0 spiro atoms. The summed E-state index contributed by atoms with van der Waals surface area (Å²) in [5.41, 5.74) is -0.138. The zero-order chi connectivity index (χ0) is 17.9. The molecular formula is C16H15NO6S. The summed E-state index contributed by atoms with van der Waals surface area (Å²) >= 11 is 0. The lowest BCUT2D eigenvalue weighted by Crippen LogP contribution is -2.01. The standard InChI is InChI=1S/C16H15NO6S/c1-3-15(18)11-7-8-16(14(9-11)17(19)20)23-12-5-4-6-13(10-12)24(2,21)22/h4-10H,3H2,1-2H3. The number of nitrogens with zero attached hydrogens (tertiary/aromatic N) is 1. The molecule has 0 aliphatic rings. The van der Waals surface area contributed by atoms with E-state index in [-0.39, 0.29) is 39.8 Å². The van der Waals surface area contributed by atoms with Crippen molar-refractivity contribution < 1.29 is 22.9 Å². The van der Waals surface area contributed by atoms with Crippen molar-refractivity contribution in [2.24, 2.45) is 0 Å². The number of ketones is 1. The fraction of sp³-hybridized carbons (Fsp3) is 0.188. The van der Waals surface area contributed by atoms with Crippen LogP contribution in [0.15, 0.2) is 47.4 Å².